The highest BCUT2D eigenvalue weighted by atomic mass is 16.5. The fraction of sp³-hybridized carbons (Fsp3) is 1.00. The number of nitrogens with two attached hydrogens (primary N) is 1. The van der Waals surface area contributed by atoms with Crippen molar-refractivity contribution in [1.82, 2.24) is 0 Å². The number of hydrogen-bond donors (Lipinski definition) is 1. The average Bonchev–Trinajstić information content (AvgIpc) is 2.14. The third-order valence-corrected chi connectivity index (χ3v) is 2.94. The van der Waals surface area contributed by atoms with Gasteiger partial charge >= 0.3 is 0 Å². The molecule has 0 aliphatic heterocycles. The molecule has 0 aromatic carbocycles. The first kappa shape index (κ1) is 11.0. The standard InChI is InChI=1S/C11H23NO/c1-2-9-13-10-8-11(12)6-4-3-5-7-11/h2-10,12H2,1H3. The van der Waals surface area contributed by atoms with E-state index in [1.165, 1.54) is 32.1 Å². The smallest absolute Gasteiger partial charge is 0.0483 e. The van der Waals surface area contributed by atoms with Crippen molar-refractivity contribution in [1.29, 1.82) is 0 Å². The largest absolute Gasteiger partial charge is 0.381 e. The third-order valence-electron chi connectivity index (χ3n) is 2.94. The van der Waals surface area contributed by atoms with Gasteiger partial charge in [0.05, 0.1) is 0 Å². The SMILES string of the molecule is CCCOCCC1(N)CCCCC1. The lowest BCUT2D eigenvalue weighted by Crippen LogP contribution is -2.42. The van der Waals surface area contributed by atoms with Crippen LogP contribution in [0.3, 0.4) is 0 Å². The second-order valence-electron chi connectivity index (χ2n) is 4.29. The molecule has 78 valence electrons. The summed E-state index contributed by atoms with van der Waals surface area (Å²) in [7, 11) is 0. The predicted octanol–water partition coefficient (Wildman–Crippen LogP) is 2.46. The highest BCUT2D eigenvalue weighted by Crippen LogP contribution is 2.28. The highest BCUT2D eigenvalue weighted by Gasteiger charge is 2.26. The summed E-state index contributed by atoms with van der Waals surface area (Å²) in [6.45, 7) is 3.87. The lowest BCUT2D eigenvalue weighted by atomic mass is 9.80. The normalized spacial score (nSPS) is 21.7. The summed E-state index contributed by atoms with van der Waals surface area (Å²) >= 11 is 0. The van der Waals surface area contributed by atoms with Crippen LogP contribution in [-0.4, -0.2) is 18.8 Å². The van der Waals surface area contributed by atoms with Gasteiger partial charge in [0.25, 0.3) is 0 Å². The second kappa shape index (κ2) is 5.61. The molecule has 0 saturated heterocycles. The Morgan fingerprint density at radius 1 is 1.15 bits per heavy atom. The Kier molecular flexibility index (Phi) is 4.74. The molecule has 0 heterocycles. The van der Waals surface area contributed by atoms with Gasteiger partial charge in [-0.2, -0.15) is 0 Å². The van der Waals surface area contributed by atoms with Crippen LogP contribution in [-0.2, 0) is 4.74 Å². The fourth-order valence-electron chi connectivity index (χ4n) is 2.03. The van der Waals surface area contributed by atoms with Gasteiger partial charge in [0, 0.05) is 18.8 Å². The molecular formula is C11H23NO. The van der Waals surface area contributed by atoms with Crippen molar-refractivity contribution in [2.45, 2.75) is 57.4 Å². The summed E-state index contributed by atoms with van der Waals surface area (Å²) < 4.78 is 5.47. The van der Waals surface area contributed by atoms with Gasteiger partial charge in [0.15, 0.2) is 0 Å². The van der Waals surface area contributed by atoms with E-state index >= 15 is 0 Å². The maximum absolute atomic E-state index is 6.26. The van der Waals surface area contributed by atoms with Gasteiger partial charge in [-0.25, -0.2) is 0 Å². The van der Waals surface area contributed by atoms with E-state index in [1.807, 2.05) is 0 Å². The van der Waals surface area contributed by atoms with Crippen LogP contribution < -0.4 is 5.73 Å². The van der Waals surface area contributed by atoms with Gasteiger partial charge in [-0.15, -0.1) is 0 Å². The zero-order valence-corrected chi connectivity index (χ0v) is 8.85. The number of hydrogen-bond acceptors (Lipinski definition) is 2. The maximum atomic E-state index is 6.26. The number of ether oxygens (including phenoxy) is 1. The van der Waals surface area contributed by atoms with Crippen LogP contribution in [0.4, 0.5) is 0 Å². The molecule has 1 aliphatic rings. The van der Waals surface area contributed by atoms with Crippen LogP contribution in [0, 0.1) is 0 Å². The van der Waals surface area contributed by atoms with E-state index in [2.05, 4.69) is 6.92 Å². The van der Waals surface area contributed by atoms with E-state index in [0.717, 1.165) is 26.1 Å². The van der Waals surface area contributed by atoms with Gasteiger partial charge in [0.1, 0.15) is 0 Å². The summed E-state index contributed by atoms with van der Waals surface area (Å²) in [6, 6.07) is 0. The molecule has 1 aliphatic carbocycles. The van der Waals surface area contributed by atoms with Gasteiger partial charge < -0.3 is 10.5 Å². The van der Waals surface area contributed by atoms with Crippen molar-refractivity contribution in [3.05, 3.63) is 0 Å². The van der Waals surface area contributed by atoms with Crippen molar-refractivity contribution in [2.24, 2.45) is 5.73 Å². The Balaban J connectivity index is 2.10. The summed E-state index contributed by atoms with van der Waals surface area (Å²) in [4.78, 5) is 0. The van der Waals surface area contributed by atoms with Gasteiger partial charge in [-0.3, -0.25) is 0 Å². The van der Waals surface area contributed by atoms with Gasteiger partial charge in [0.2, 0.25) is 0 Å². The molecule has 1 saturated carbocycles. The Morgan fingerprint density at radius 3 is 2.46 bits per heavy atom. The van der Waals surface area contributed by atoms with Crippen LogP contribution in [0.15, 0.2) is 0 Å². The minimum Gasteiger partial charge on any atom is -0.381 e. The van der Waals surface area contributed by atoms with E-state index in [9.17, 15) is 0 Å². The van der Waals surface area contributed by atoms with Crippen LogP contribution in [0.1, 0.15) is 51.9 Å². The van der Waals surface area contributed by atoms with Crippen LogP contribution in [0.2, 0.25) is 0 Å². The van der Waals surface area contributed by atoms with Gasteiger partial charge in [-0.05, 0) is 25.7 Å². The molecule has 2 heteroatoms. The molecule has 0 spiro atoms. The van der Waals surface area contributed by atoms with Crippen LogP contribution >= 0.6 is 0 Å². The van der Waals surface area contributed by atoms with Crippen molar-refractivity contribution >= 4 is 0 Å². The minimum absolute atomic E-state index is 0.103. The van der Waals surface area contributed by atoms with E-state index < -0.39 is 0 Å². The molecule has 13 heavy (non-hydrogen) atoms. The molecule has 0 bridgehead atoms. The van der Waals surface area contributed by atoms with E-state index in [-0.39, 0.29) is 5.54 Å². The molecule has 0 radical (unpaired) electrons. The Labute approximate surface area is 81.8 Å². The summed E-state index contributed by atoms with van der Waals surface area (Å²) in [6.07, 6.45) is 8.54. The van der Waals surface area contributed by atoms with Crippen molar-refractivity contribution < 1.29 is 4.74 Å². The molecule has 1 rings (SSSR count). The summed E-state index contributed by atoms with van der Waals surface area (Å²) in [5.41, 5.74) is 6.36. The Morgan fingerprint density at radius 2 is 1.85 bits per heavy atom. The highest BCUT2D eigenvalue weighted by molar-refractivity contribution is 4.86. The lowest BCUT2D eigenvalue weighted by Gasteiger charge is -2.33. The van der Waals surface area contributed by atoms with E-state index in [0.29, 0.717) is 0 Å². The Bertz CT molecular complexity index is 130. The van der Waals surface area contributed by atoms with Crippen molar-refractivity contribution in [2.75, 3.05) is 13.2 Å². The molecule has 1 fully saturated rings. The molecule has 0 aromatic rings. The average molecular weight is 185 g/mol. The van der Waals surface area contributed by atoms with Crippen molar-refractivity contribution in [3.8, 4) is 0 Å². The molecular weight excluding hydrogens is 162 g/mol. The van der Waals surface area contributed by atoms with Crippen LogP contribution in [0.25, 0.3) is 0 Å². The third kappa shape index (κ3) is 4.10. The first-order chi connectivity index (χ1) is 6.27. The maximum Gasteiger partial charge on any atom is 0.0483 e. The summed E-state index contributed by atoms with van der Waals surface area (Å²) in [5.74, 6) is 0. The molecule has 0 amide bonds. The number of rotatable bonds is 5. The molecule has 2 nitrogen and oxygen atoms in total. The quantitative estimate of drug-likeness (QED) is 0.668. The zero-order chi connectivity index (χ0) is 9.57. The monoisotopic (exact) mass is 185 g/mol. The summed E-state index contributed by atoms with van der Waals surface area (Å²) in [5, 5.41) is 0. The van der Waals surface area contributed by atoms with Crippen LogP contribution in [0.5, 0.6) is 0 Å². The second-order valence-corrected chi connectivity index (χ2v) is 4.29. The molecule has 0 aromatic heterocycles. The predicted molar refractivity (Wildman–Crippen MR) is 55.7 cm³/mol. The molecule has 0 unspecified atom stereocenters. The zero-order valence-electron chi connectivity index (χ0n) is 8.85. The van der Waals surface area contributed by atoms with Crippen molar-refractivity contribution in [3.63, 3.8) is 0 Å². The lowest BCUT2D eigenvalue weighted by molar-refractivity contribution is 0.106. The van der Waals surface area contributed by atoms with E-state index in [1.54, 1.807) is 0 Å². The Hall–Kier alpha value is -0.0800. The fourth-order valence-corrected chi connectivity index (χ4v) is 2.03. The topological polar surface area (TPSA) is 35.2 Å². The van der Waals surface area contributed by atoms with Gasteiger partial charge in [-0.1, -0.05) is 26.2 Å². The first-order valence-electron chi connectivity index (χ1n) is 5.63. The van der Waals surface area contributed by atoms with E-state index in [4.69, 9.17) is 10.5 Å². The molecule has 2 N–H and O–H groups in total. The minimum atomic E-state index is 0.103. The molecule has 0 atom stereocenters. The first-order valence-corrected chi connectivity index (χ1v) is 5.63.